The normalized spacial score (nSPS) is 11.5. The highest BCUT2D eigenvalue weighted by Crippen LogP contribution is 2.08. The number of rotatable bonds is 6. The SMILES string of the molecule is CN=C(NCCC(=O)OC(C)C)NCc1ccc(F)c(C)c1. The van der Waals surface area contributed by atoms with E-state index >= 15 is 0 Å². The molecule has 0 bridgehead atoms. The highest BCUT2D eigenvalue weighted by molar-refractivity contribution is 5.80. The fourth-order valence-corrected chi connectivity index (χ4v) is 1.83. The van der Waals surface area contributed by atoms with Gasteiger partial charge in [0.25, 0.3) is 0 Å². The summed E-state index contributed by atoms with van der Waals surface area (Å²) in [7, 11) is 1.65. The maximum absolute atomic E-state index is 13.2. The van der Waals surface area contributed by atoms with Gasteiger partial charge in [-0.2, -0.15) is 0 Å². The number of carbonyl (C=O) groups is 1. The van der Waals surface area contributed by atoms with Gasteiger partial charge in [-0.1, -0.05) is 12.1 Å². The van der Waals surface area contributed by atoms with E-state index in [1.54, 1.807) is 26.1 Å². The number of ether oxygens (including phenoxy) is 1. The average molecular weight is 309 g/mol. The van der Waals surface area contributed by atoms with Gasteiger partial charge < -0.3 is 15.4 Å². The Morgan fingerprint density at radius 3 is 2.68 bits per heavy atom. The van der Waals surface area contributed by atoms with Crippen LogP contribution in [0.3, 0.4) is 0 Å². The fourth-order valence-electron chi connectivity index (χ4n) is 1.83. The molecule has 0 aliphatic carbocycles. The van der Waals surface area contributed by atoms with E-state index in [1.807, 2.05) is 13.8 Å². The second-order valence-electron chi connectivity index (χ2n) is 5.22. The minimum Gasteiger partial charge on any atom is -0.463 e. The van der Waals surface area contributed by atoms with Crippen molar-refractivity contribution in [3.05, 3.63) is 35.1 Å². The van der Waals surface area contributed by atoms with Crippen molar-refractivity contribution in [1.82, 2.24) is 10.6 Å². The van der Waals surface area contributed by atoms with Gasteiger partial charge in [0.1, 0.15) is 5.82 Å². The van der Waals surface area contributed by atoms with E-state index in [0.29, 0.717) is 24.6 Å². The van der Waals surface area contributed by atoms with Gasteiger partial charge in [0.2, 0.25) is 0 Å². The Hall–Kier alpha value is -2.11. The first-order valence-corrected chi connectivity index (χ1v) is 7.31. The molecule has 0 heterocycles. The molecule has 1 aromatic rings. The molecule has 0 aliphatic heterocycles. The number of hydrogen-bond acceptors (Lipinski definition) is 3. The standard InChI is InChI=1S/C16H24FN3O2/c1-11(2)22-15(21)7-8-19-16(18-4)20-10-13-5-6-14(17)12(3)9-13/h5-6,9,11H,7-8,10H2,1-4H3,(H2,18,19,20). The van der Waals surface area contributed by atoms with Crippen LogP contribution in [-0.2, 0) is 16.1 Å². The molecule has 2 N–H and O–H groups in total. The van der Waals surface area contributed by atoms with Crippen molar-refractivity contribution in [2.75, 3.05) is 13.6 Å². The van der Waals surface area contributed by atoms with Gasteiger partial charge in [0, 0.05) is 20.1 Å². The molecule has 0 radical (unpaired) electrons. The van der Waals surface area contributed by atoms with E-state index < -0.39 is 0 Å². The third-order valence-corrected chi connectivity index (χ3v) is 2.89. The lowest BCUT2D eigenvalue weighted by molar-refractivity contribution is -0.147. The number of aryl methyl sites for hydroxylation is 1. The molecule has 0 spiro atoms. The number of esters is 1. The summed E-state index contributed by atoms with van der Waals surface area (Å²) in [5, 5.41) is 6.15. The molecule has 1 aromatic carbocycles. The molecule has 0 amide bonds. The van der Waals surface area contributed by atoms with Gasteiger partial charge in [-0.15, -0.1) is 0 Å². The van der Waals surface area contributed by atoms with E-state index in [2.05, 4.69) is 15.6 Å². The summed E-state index contributed by atoms with van der Waals surface area (Å²) in [6.45, 7) is 6.32. The first-order chi connectivity index (χ1) is 10.4. The van der Waals surface area contributed by atoms with Crippen LogP contribution in [0.15, 0.2) is 23.2 Å². The summed E-state index contributed by atoms with van der Waals surface area (Å²) < 4.78 is 18.2. The first-order valence-electron chi connectivity index (χ1n) is 7.31. The molecule has 0 atom stereocenters. The molecule has 0 saturated heterocycles. The molecule has 1 rings (SSSR count). The Bertz CT molecular complexity index is 530. The van der Waals surface area contributed by atoms with Crippen molar-refractivity contribution in [3.8, 4) is 0 Å². The quantitative estimate of drug-likeness (QED) is 0.480. The highest BCUT2D eigenvalue weighted by Gasteiger charge is 2.06. The van der Waals surface area contributed by atoms with Gasteiger partial charge in [-0.25, -0.2) is 4.39 Å². The molecule has 0 saturated carbocycles. The zero-order chi connectivity index (χ0) is 16.5. The number of halogens is 1. The summed E-state index contributed by atoms with van der Waals surface area (Å²) in [6, 6.07) is 4.96. The fraction of sp³-hybridized carbons (Fsp3) is 0.500. The Morgan fingerprint density at radius 2 is 2.09 bits per heavy atom. The van der Waals surface area contributed by atoms with Crippen LogP contribution in [0.25, 0.3) is 0 Å². The number of nitrogens with zero attached hydrogens (tertiary/aromatic N) is 1. The minimum atomic E-state index is -0.243. The van der Waals surface area contributed by atoms with Gasteiger partial charge in [0.15, 0.2) is 5.96 Å². The lowest BCUT2D eigenvalue weighted by Gasteiger charge is -2.13. The van der Waals surface area contributed by atoms with Crippen LogP contribution in [0.4, 0.5) is 4.39 Å². The molecular weight excluding hydrogens is 285 g/mol. The van der Waals surface area contributed by atoms with Crippen molar-refractivity contribution in [1.29, 1.82) is 0 Å². The van der Waals surface area contributed by atoms with Crippen molar-refractivity contribution in [2.24, 2.45) is 4.99 Å². The maximum Gasteiger partial charge on any atom is 0.307 e. The number of hydrogen-bond donors (Lipinski definition) is 2. The number of aliphatic imine (C=N–C) groups is 1. The largest absolute Gasteiger partial charge is 0.463 e. The highest BCUT2D eigenvalue weighted by atomic mass is 19.1. The van der Waals surface area contributed by atoms with Crippen molar-refractivity contribution < 1.29 is 13.9 Å². The van der Waals surface area contributed by atoms with Crippen molar-refractivity contribution >= 4 is 11.9 Å². The summed E-state index contributed by atoms with van der Waals surface area (Å²) in [5.74, 6) is 0.126. The van der Waals surface area contributed by atoms with E-state index in [0.717, 1.165) is 5.56 Å². The van der Waals surface area contributed by atoms with Gasteiger partial charge in [0.05, 0.1) is 12.5 Å². The molecule has 122 valence electrons. The number of nitrogens with one attached hydrogen (secondary N) is 2. The Labute approximate surface area is 131 Å². The minimum absolute atomic E-state index is 0.105. The molecule has 5 nitrogen and oxygen atoms in total. The number of benzene rings is 1. The van der Waals surface area contributed by atoms with Crippen LogP contribution in [0.2, 0.25) is 0 Å². The average Bonchev–Trinajstić information content (AvgIpc) is 2.45. The predicted molar refractivity (Wildman–Crippen MR) is 85.2 cm³/mol. The van der Waals surface area contributed by atoms with E-state index in [1.165, 1.54) is 6.07 Å². The first kappa shape index (κ1) is 17.9. The lowest BCUT2D eigenvalue weighted by atomic mass is 10.1. The van der Waals surface area contributed by atoms with Crippen LogP contribution in [0.1, 0.15) is 31.4 Å². The summed E-state index contributed by atoms with van der Waals surface area (Å²) in [4.78, 5) is 15.5. The maximum atomic E-state index is 13.2. The third-order valence-electron chi connectivity index (χ3n) is 2.89. The zero-order valence-corrected chi connectivity index (χ0v) is 13.6. The summed E-state index contributed by atoms with van der Waals surface area (Å²) in [6.07, 6.45) is 0.167. The van der Waals surface area contributed by atoms with Crippen molar-refractivity contribution in [3.63, 3.8) is 0 Å². The van der Waals surface area contributed by atoms with E-state index in [-0.39, 0.29) is 24.3 Å². The molecular formula is C16H24FN3O2. The number of carbonyl (C=O) groups excluding carboxylic acids is 1. The van der Waals surface area contributed by atoms with Crippen LogP contribution in [-0.4, -0.2) is 31.6 Å². The van der Waals surface area contributed by atoms with E-state index in [4.69, 9.17) is 4.74 Å². The van der Waals surface area contributed by atoms with Crippen LogP contribution < -0.4 is 10.6 Å². The van der Waals surface area contributed by atoms with Crippen LogP contribution >= 0.6 is 0 Å². The molecule has 0 unspecified atom stereocenters. The topological polar surface area (TPSA) is 62.7 Å². The number of guanidine groups is 1. The second-order valence-corrected chi connectivity index (χ2v) is 5.22. The van der Waals surface area contributed by atoms with Crippen molar-refractivity contribution in [2.45, 2.75) is 39.8 Å². The monoisotopic (exact) mass is 309 g/mol. The summed E-state index contributed by atoms with van der Waals surface area (Å²) in [5.41, 5.74) is 1.57. The van der Waals surface area contributed by atoms with Gasteiger partial charge in [-0.05, 0) is 38.0 Å². The Balaban J connectivity index is 2.36. The second kappa shape index (κ2) is 9.02. The van der Waals surface area contributed by atoms with Gasteiger partial charge >= 0.3 is 5.97 Å². The molecule has 6 heteroatoms. The summed E-state index contributed by atoms with van der Waals surface area (Å²) >= 11 is 0. The molecule has 0 aromatic heterocycles. The molecule has 0 fully saturated rings. The Morgan fingerprint density at radius 1 is 1.36 bits per heavy atom. The smallest absolute Gasteiger partial charge is 0.307 e. The molecule has 22 heavy (non-hydrogen) atoms. The predicted octanol–water partition coefficient (Wildman–Crippen LogP) is 2.14. The lowest BCUT2D eigenvalue weighted by Crippen LogP contribution is -2.38. The van der Waals surface area contributed by atoms with E-state index in [9.17, 15) is 9.18 Å². The van der Waals surface area contributed by atoms with Crippen LogP contribution in [0.5, 0.6) is 0 Å². The van der Waals surface area contributed by atoms with Gasteiger partial charge in [-0.3, -0.25) is 9.79 Å². The third kappa shape index (κ3) is 6.56. The zero-order valence-electron chi connectivity index (χ0n) is 13.6. The molecule has 0 aliphatic rings. The Kier molecular flexibility index (Phi) is 7.36. The van der Waals surface area contributed by atoms with Crippen LogP contribution in [0, 0.1) is 12.7 Å².